The SMILES string of the molecule is CC(C)c1ccc(CSc2nnc(SCc3nc(-c4ccsc4)no3)s2)cc1. The molecule has 0 saturated heterocycles. The summed E-state index contributed by atoms with van der Waals surface area (Å²) in [6.07, 6.45) is 0. The molecule has 4 rings (SSSR count). The van der Waals surface area contributed by atoms with Crippen LogP contribution in [0.2, 0.25) is 0 Å². The molecule has 0 fully saturated rings. The Morgan fingerprint density at radius 1 is 1.00 bits per heavy atom. The second-order valence-electron chi connectivity index (χ2n) is 6.33. The molecule has 0 atom stereocenters. The van der Waals surface area contributed by atoms with Gasteiger partial charge in [-0.15, -0.1) is 10.2 Å². The van der Waals surface area contributed by atoms with Crippen LogP contribution in [0, 0.1) is 0 Å². The van der Waals surface area contributed by atoms with Gasteiger partial charge >= 0.3 is 0 Å². The molecule has 3 aromatic heterocycles. The highest BCUT2D eigenvalue weighted by atomic mass is 32.2. The zero-order valence-corrected chi connectivity index (χ0v) is 18.6. The molecule has 0 radical (unpaired) electrons. The van der Waals surface area contributed by atoms with Crippen molar-refractivity contribution in [1.82, 2.24) is 20.3 Å². The Kier molecular flexibility index (Phi) is 6.46. The summed E-state index contributed by atoms with van der Waals surface area (Å²) in [5.74, 6) is 3.28. The number of hydrogen-bond acceptors (Lipinski definition) is 9. The molecule has 0 saturated carbocycles. The van der Waals surface area contributed by atoms with E-state index in [4.69, 9.17) is 4.52 Å². The monoisotopic (exact) mass is 446 g/mol. The lowest BCUT2D eigenvalue weighted by atomic mass is 10.0. The van der Waals surface area contributed by atoms with Gasteiger partial charge in [-0.2, -0.15) is 16.3 Å². The van der Waals surface area contributed by atoms with E-state index in [1.54, 1.807) is 46.2 Å². The molecule has 0 amide bonds. The Morgan fingerprint density at radius 2 is 1.75 bits per heavy atom. The van der Waals surface area contributed by atoms with Crippen LogP contribution in [0.4, 0.5) is 0 Å². The Morgan fingerprint density at radius 3 is 2.43 bits per heavy atom. The first kappa shape index (κ1) is 19.6. The van der Waals surface area contributed by atoms with Crippen molar-refractivity contribution >= 4 is 46.2 Å². The molecule has 5 nitrogen and oxygen atoms in total. The van der Waals surface area contributed by atoms with Crippen LogP contribution in [0.5, 0.6) is 0 Å². The third-order valence-corrected chi connectivity index (χ3v) is 7.89. The number of nitrogens with zero attached hydrogens (tertiary/aromatic N) is 4. The van der Waals surface area contributed by atoms with Crippen LogP contribution in [0.1, 0.15) is 36.8 Å². The Hall–Kier alpha value is -1.68. The van der Waals surface area contributed by atoms with Gasteiger partial charge < -0.3 is 4.52 Å². The fourth-order valence-electron chi connectivity index (χ4n) is 2.40. The Bertz CT molecular complexity index is 1010. The molecule has 9 heteroatoms. The average molecular weight is 447 g/mol. The van der Waals surface area contributed by atoms with Gasteiger partial charge in [0.15, 0.2) is 8.68 Å². The normalized spacial score (nSPS) is 11.4. The number of thiophene rings is 1. The first-order valence-electron chi connectivity index (χ1n) is 8.70. The van der Waals surface area contributed by atoms with E-state index >= 15 is 0 Å². The molecular formula is C19H18N4OS4. The molecule has 0 aliphatic carbocycles. The zero-order chi connectivity index (χ0) is 19.3. The van der Waals surface area contributed by atoms with E-state index in [1.165, 1.54) is 11.1 Å². The largest absolute Gasteiger partial charge is 0.338 e. The summed E-state index contributed by atoms with van der Waals surface area (Å²) < 4.78 is 7.20. The summed E-state index contributed by atoms with van der Waals surface area (Å²) in [7, 11) is 0. The standard InChI is InChI=1S/C19H18N4OS4/c1-12(2)14-5-3-13(4-6-14)9-26-18-21-22-19(28-18)27-11-16-20-17(23-24-16)15-7-8-25-10-15/h3-8,10,12H,9,11H2,1-2H3. The van der Waals surface area contributed by atoms with Crippen molar-refractivity contribution < 1.29 is 4.52 Å². The van der Waals surface area contributed by atoms with Crippen molar-refractivity contribution in [3.05, 3.63) is 58.1 Å². The number of benzene rings is 1. The molecule has 0 aliphatic heterocycles. The van der Waals surface area contributed by atoms with E-state index in [-0.39, 0.29) is 0 Å². The van der Waals surface area contributed by atoms with Crippen LogP contribution in [-0.2, 0) is 11.5 Å². The third kappa shape index (κ3) is 5.02. The van der Waals surface area contributed by atoms with Crippen molar-refractivity contribution in [3.63, 3.8) is 0 Å². The lowest BCUT2D eigenvalue weighted by Gasteiger charge is -2.05. The number of rotatable bonds is 8. The lowest BCUT2D eigenvalue weighted by Crippen LogP contribution is -1.87. The molecule has 0 aliphatic rings. The summed E-state index contributed by atoms with van der Waals surface area (Å²) in [6.45, 7) is 4.42. The van der Waals surface area contributed by atoms with Gasteiger partial charge in [0.1, 0.15) is 0 Å². The second kappa shape index (κ2) is 9.21. The highest BCUT2D eigenvalue weighted by molar-refractivity contribution is 8.02. The van der Waals surface area contributed by atoms with E-state index in [9.17, 15) is 0 Å². The predicted molar refractivity (Wildman–Crippen MR) is 117 cm³/mol. The maximum Gasteiger partial charge on any atom is 0.237 e. The molecule has 3 heterocycles. The summed E-state index contributed by atoms with van der Waals surface area (Å²) >= 11 is 6.50. The van der Waals surface area contributed by atoms with E-state index in [2.05, 4.69) is 58.5 Å². The Labute approximate surface area is 180 Å². The molecule has 1 aromatic carbocycles. The van der Waals surface area contributed by atoms with Crippen molar-refractivity contribution in [3.8, 4) is 11.4 Å². The van der Waals surface area contributed by atoms with Gasteiger partial charge in [0, 0.05) is 16.7 Å². The molecule has 4 aromatic rings. The first-order valence-corrected chi connectivity index (χ1v) is 12.4. The smallest absolute Gasteiger partial charge is 0.237 e. The quantitative estimate of drug-likeness (QED) is 0.292. The second-order valence-corrected chi connectivity index (χ2v) is 10.5. The van der Waals surface area contributed by atoms with Crippen LogP contribution in [0.3, 0.4) is 0 Å². The van der Waals surface area contributed by atoms with E-state index in [1.807, 2.05) is 16.8 Å². The summed E-state index contributed by atoms with van der Waals surface area (Å²) in [5.41, 5.74) is 3.65. The highest BCUT2D eigenvalue weighted by Gasteiger charge is 2.12. The number of aromatic nitrogens is 4. The summed E-state index contributed by atoms with van der Waals surface area (Å²) in [4.78, 5) is 4.43. The fourth-order valence-corrected chi connectivity index (χ4v) is 5.85. The van der Waals surface area contributed by atoms with Crippen molar-refractivity contribution in [2.45, 2.75) is 40.0 Å². The van der Waals surface area contributed by atoms with Crippen LogP contribution in [0.15, 0.2) is 54.3 Å². The molecule has 28 heavy (non-hydrogen) atoms. The minimum Gasteiger partial charge on any atom is -0.338 e. The third-order valence-electron chi connectivity index (χ3n) is 3.96. The van der Waals surface area contributed by atoms with E-state index in [0.29, 0.717) is 23.4 Å². The van der Waals surface area contributed by atoms with Crippen LogP contribution in [-0.4, -0.2) is 20.3 Å². The average Bonchev–Trinajstić information content (AvgIpc) is 3.46. The maximum atomic E-state index is 5.32. The lowest BCUT2D eigenvalue weighted by molar-refractivity contribution is 0.391. The van der Waals surface area contributed by atoms with Crippen LogP contribution >= 0.6 is 46.2 Å². The van der Waals surface area contributed by atoms with E-state index < -0.39 is 0 Å². The molecule has 144 valence electrons. The van der Waals surface area contributed by atoms with Crippen molar-refractivity contribution in [2.24, 2.45) is 0 Å². The number of hydrogen-bond donors (Lipinski definition) is 0. The van der Waals surface area contributed by atoms with Gasteiger partial charge in [0.2, 0.25) is 11.7 Å². The highest BCUT2D eigenvalue weighted by Crippen LogP contribution is 2.32. The van der Waals surface area contributed by atoms with Gasteiger partial charge in [-0.1, -0.05) is 78.1 Å². The van der Waals surface area contributed by atoms with Gasteiger partial charge in [-0.3, -0.25) is 0 Å². The van der Waals surface area contributed by atoms with Crippen molar-refractivity contribution in [2.75, 3.05) is 0 Å². The van der Waals surface area contributed by atoms with Gasteiger partial charge in [-0.25, -0.2) is 0 Å². The van der Waals surface area contributed by atoms with E-state index in [0.717, 1.165) is 20.0 Å². The molecule has 0 spiro atoms. The number of thioether (sulfide) groups is 2. The van der Waals surface area contributed by atoms with Gasteiger partial charge in [0.25, 0.3) is 0 Å². The molecular weight excluding hydrogens is 429 g/mol. The molecule has 0 unspecified atom stereocenters. The molecule has 0 N–H and O–H groups in total. The minimum absolute atomic E-state index is 0.560. The fraction of sp³-hybridized carbons (Fsp3) is 0.263. The summed E-state index contributed by atoms with van der Waals surface area (Å²) in [5, 5.41) is 16.6. The summed E-state index contributed by atoms with van der Waals surface area (Å²) in [6, 6.07) is 10.8. The van der Waals surface area contributed by atoms with Crippen molar-refractivity contribution in [1.29, 1.82) is 0 Å². The van der Waals surface area contributed by atoms with Crippen LogP contribution < -0.4 is 0 Å². The van der Waals surface area contributed by atoms with Gasteiger partial charge in [-0.05, 0) is 28.5 Å². The Balaban J connectivity index is 1.28. The maximum absolute atomic E-state index is 5.32. The van der Waals surface area contributed by atoms with Crippen LogP contribution in [0.25, 0.3) is 11.4 Å². The van der Waals surface area contributed by atoms with Gasteiger partial charge in [0.05, 0.1) is 5.75 Å². The first-order chi connectivity index (χ1) is 13.7. The zero-order valence-electron chi connectivity index (χ0n) is 15.4. The predicted octanol–water partition coefficient (Wildman–Crippen LogP) is 6.36. The minimum atomic E-state index is 0.560. The molecule has 0 bridgehead atoms. The topological polar surface area (TPSA) is 64.7 Å².